The number of aromatic nitrogens is 3. The summed E-state index contributed by atoms with van der Waals surface area (Å²) in [5.74, 6) is 3.02. The zero-order chi connectivity index (χ0) is 18.5. The van der Waals surface area contributed by atoms with Gasteiger partial charge in [-0.05, 0) is 78.7 Å². The molecule has 3 saturated carbocycles. The van der Waals surface area contributed by atoms with Crippen molar-refractivity contribution in [2.45, 2.75) is 63.1 Å². The van der Waals surface area contributed by atoms with Crippen molar-refractivity contribution >= 4 is 11.3 Å². The van der Waals surface area contributed by atoms with Crippen molar-refractivity contribution in [2.75, 3.05) is 19.7 Å². The van der Waals surface area contributed by atoms with E-state index in [-0.39, 0.29) is 0 Å². The van der Waals surface area contributed by atoms with Gasteiger partial charge in [0.05, 0.1) is 17.8 Å². The van der Waals surface area contributed by atoms with E-state index in [1.165, 1.54) is 62.9 Å². The molecule has 0 aromatic carbocycles. The lowest BCUT2D eigenvalue weighted by Crippen LogP contribution is -2.38. The lowest BCUT2D eigenvalue weighted by molar-refractivity contribution is -0.0375. The van der Waals surface area contributed by atoms with Gasteiger partial charge < -0.3 is 4.74 Å². The molecule has 0 amide bonds. The van der Waals surface area contributed by atoms with Gasteiger partial charge in [0.15, 0.2) is 0 Å². The average molecular weight is 399 g/mol. The maximum atomic E-state index is 6.50. The molecular weight excluding hydrogens is 368 g/mol. The van der Waals surface area contributed by atoms with E-state index in [0.29, 0.717) is 18.1 Å². The number of hydrogen-bond donors (Lipinski definition) is 0. The standard InChI is InChI=1S/C22H30N4OS/c1-2-15(1)13-27-22-8-19-11-25(9-16-5-6-28-14-16)10-18(19)7-21(22)26-12-20(23-24-26)17-3-4-17/h5-6,12,14-15,17-19,21-22H,1-4,7-11,13H2/t18-,19+,21-,22-/m1/s1. The highest BCUT2D eigenvalue weighted by molar-refractivity contribution is 7.07. The molecule has 6 heteroatoms. The van der Waals surface area contributed by atoms with Crippen molar-refractivity contribution in [2.24, 2.45) is 17.8 Å². The lowest BCUT2D eigenvalue weighted by Gasteiger charge is -2.37. The molecule has 6 rings (SSSR count). The Morgan fingerprint density at radius 1 is 1.11 bits per heavy atom. The van der Waals surface area contributed by atoms with Gasteiger partial charge in [0.1, 0.15) is 0 Å². The highest BCUT2D eigenvalue weighted by atomic mass is 32.1. The molecule has 2 aromatic rings. The smallest absolute Gasteiger partial charge is 0.0858 e. The summed E-state index contributed by atoms with van der Waals surface area (Å²) in [6.07, 6.45) is 10.2. The molecule has 0 N–H and O–H groups in total. The van der Waals surface area contributed by atoms with Crippen LogP contribution in [0.15, 0.2) is 23.0 Å². The van der Waals surface area contributed by atoms with E-state index >= 15 is 0 Å². The molecule has 0 unspecified atom stereocenters. The van der Waals surface area contributed by atoms with Crippen LogP contribution >= 0.6 is 11.3 Å². The van der Waals surface area contributed by atoms with Crippen LogP contribution in [0.4, 0.5) is 0 Å². The molecule has 150 valence electrons. The lowest BCUT2D eigenvalue weighted by atomic mass is 9.77. The molecule has 0 radical (unpaired) electrons. The summed E-state index contributed by atoms with van der Waals surface area (Å²) in [5.41, 5.74) is 2.67. The van der Waals surface area contributed by atoms with Crippen molar-refractivity contribution in [3.8, 4) is 0 Å². The molecule has 4 fully saturated rings. The Morgan fingerprint density at radius 2 is 1.96 bits per heavy atom. The van der Waals surface area contributed by atoms with Gasteiger partial charge in [-0.25, -0.2) is 4.68 Å². The van der Waals surface area contributed by atoms with Crippen LogP contribution in [0.3, 0.4) is 0 Å². The number of thiophene rings is 1. The van der Waals surface area contributed by atoms with Gasteiger partial charge in [-0.2, -0.15) is 11.3 Å². The Bertz CT molecular complexity index is 797. The molecule has 3 aliphatic carbocycles. The van der Waals surface area contributed by atoms with Gasteiger partial charge in [-0.15, -0.1) is 5.10 Å². The summed E-state index contributed by atoms with van der Waals surface area (Å²) in [6.45, 7) is 4.49. The minimum atomic E-state index is 0.303. The molecule has 2 aromatic heterocycles. The SMILES string of the molecule is c1cc(CN2C[C@H]3C[C@@H](n4cc(C5CC5)nn4)[C@H](OCC4CC4)C[C@H]3C2)cs1. The number of rotatable bonds is 7. The first-order valence-electron chi connectivity index (χ1n) is 11.1. The zero-order valence-corrected chi connectivity index (χ0v) is 17.3. The van der Waals surface area contributed by atoms with E-state index < -0.39 is 0 Å². The van der Waals surface area contributed by atoms with E-state index in [0.717, 1.165) is 30.9 Å². The van der Waals surface area contributed by atoms with Gasteiger partial charge in [-0.1, -0.05) is 5.21 Å². The largest absolute Gasteiger partial charge is 0.376 e. The monoisotopic (exact) mass is 398 g/mol. The molecule has 4 aliphatic rings. The molecule has 5 nitrogen and oxygen atoms in total. The third-order valence-electron chi connectivity index (χ3n) is 7.25. The number of ether oxygens (including phenoxy) is 1. The maximum absolute atomic E-state index is 6.50. The highest BCUT2D eigenvalue weighted by Crippen LogP contribution is 2.44. The van der Waals surface area contributed by atoms with Crippen molar-refractivity contribution in [3.05, 3.63) is 34.3 Å². The molecule has 0 bridgehead atoms. The van der Waals surface area contributed by atoms with E-state index in [1.54, 1.807) is 11.3 Å². The van der Waals surface area contributed by atoms with Crippen molar-refractivity contribution in [1.29, 1.82) is 0 Å². The van der Waals surface area contributed by atoms with Crippen molar-refractivity contribution in [3.63, 3.8) is 0 Å². The fraction of sp³-hybridized carbons (Fsp3) is 0.727. The second-order valence-electron chi connectivity index (χ2n) is 9.60. The summed E-state index contributed by atoms with van der Waals surface area (Å²) in [7, 11) is 0. The van der Waals surface area contributed by atoms with E-state index in [2.05, 4.69) is 42.9 Å². The van der Waals surface area contributed by atoms with Gasteiger partial charge in [0.25, 0.3) is 0 Å². The average Bonchev–Trinajstić information content (AvgIpc) is 3.57. The Labute approximate surface area is 171 Å². The van der Waals surface area contributed by atoms with Gasteiger partial charge in [0, 0.05) is 38.4 Å². The maximum Gasteiger partial charge on any atom is 0.0858 e. The molecule has 3 heterocycles. The van der Waals surface area contributed by atoms with Gasteiger partial charge >= 0.3 is 0 Å². The molecule has 1 aliphatic heterocycles. The number of hydrogen-bond acceptors (Lipinski definition) is 5. The quantitative estimate of drug-likeness (QED) is 0.704. The predicted octanol–water partition coefficient (Wildman–Crippen LogP) is 4.10. The van der Waals surface area contributed by atoms with Crippen LogP contribution < -0.4 is 0 Å². The molecule has 1 saturated heterocycles. The third-order valence-corrected chi connectivity index (χ3v) is 7.99. The molecule has 0 spiro atoms. The predicted molar refractivity (Wildman–Crippen MR) is 109 cm³/mol. The molecule has 28 heavy (non-hydrogen) atoms. The minimum Gasteiger partial charge on any atom is -0.376 e. The summed E-state index contributed by atoms with van der Waals surface area (Å²) in [6, 6.07) is 2.63. The Morgan fingerprint density at radius 3 is 2.71 bits per heavy atom. The normalized spacial score (nSPS) is 33.3. The van der Waals surface area contributed by atoms with Crippen molar-refractivity contribution in [1.82, 2.24) is 19.9 Å². The van der Waals surface area contributed by atoms with Crippen LogP contribution in [0.1, 0.15) is 61.7 Å². The third kappa shape index (κ3) is 3.66. The van der Waals surface area contributed by atoms with Crippen molar-refractivity contribution < 1.29 is 4.74 Å². The Kier molecular flexibility index (Phi) is 4.54. The van der Waals surface area contributed by atoms with Crippen LogP contribution in [0.2, 0.25) is 0 Å². The summed E-state index contributed by atoms with van der Waals surface area (Å²) >= 11 is 1.81. The summed E-state index contributed by atoms with van der Waals surface area (Å²) in [4.78, 5) is 2.66. The second-order valence-corrected chi connectivity index (χ2v) is 10.4. The van der Waals surface area contributed by atoms with Crippen LogP contribution in [0.25, 0.3) is 0 Å². The second kappa shape index (κ2) is 7.22. The fourth-order valence-corrected chi connectivity index (χ4v) is 5.94. The topological polar surface area (TPSA) is 43.2 Å². The van der Waals surface area contributed by atoms with Gasteiger partial charge in [-0.3, -0.25) is 4.90 Å². The van der Waals surface area contributed by atoms with Crippen LogP contribution in [-0.2, 0) is 11.3 Å². The van der Waals surface area contributed by atoms with Crippen LogP contribution in [0.5, 0.6) is 0 Å². The van der Waals surface area contributed by atoms with E-state index in [9.17, 15) is 0 Å². The van der Waals surface area contributed by atoms with E-state index in [4.69, 9.17) is 4.74 Å². The van der Waals surface area contributed by atoms with Gasteiger partial charge in [0.2, 0.25) is 0 Å². The Hall–Kier alpha value is -1.24. The number of fused-ring (bicyclic) bond motifs is 1. The number of likely N-dealkylation sites (tertiary alicyclic amines) is 1. The number of nitrogens with zero attached hydrogens (tertiary/aromatic N) is 4. The van der Waals surface area contributed by atoms with E-state index in [1.807, 2.05) is 0 Å². The van der Waals surface area contributed by atoms with Crippen LogP contribution in [0, 0.1) is 17.8 Å². The first kappa shape index (κ1) is 17.6. The minimum absolute atomic E-state index is 0.303. The molecular formula is C22H30N4OS. The fourth-order valence-electron chi connectivity index (χ4n) is 5.28. The van der Waals surface area contributed by atoms with Crippen LogP contribution in [-0.4, -0.2) is 45.7 Å². The highest BCUT2D eigenvalue weighted by Gasteiger charge is 2.44. The zero-order valence-electron chi connectivity index (χ0n) is 16.4. The first-order valence-corrected chi connectivity index (χ1v) is 12.0. The molecule has 4 atom stereocenters. The summed E-state index contributed by atoms with van der Waals surface area (Å²) < 4.78 is 8.67. The first-order chi connectivity index (χ1) is 13.8. The summed E-state index contributed by atoms with van der Waals surface area (Å²) in [5, 5.41) is 13.5. The Balaban J connectivity index is 1.17.